The van der Waals surface area contributed by atoms with E-state index in [1.165, 1.54) is 0 Å². The summed E-state index contributed by atoms with van der Waals surface area (Å²) in [4.78, 5) is 12.0. The molecule has 0 aliphatic carbocycles. The predicted octanol–water partition coefficient (Wildman–Crippen LogP) is 2.88. The molecule has 3 nitrogen and oxygen atoms in total. The van der Waals surface area contributed by atoms with Crippen LogP contribution in [0.2, 0.25) is 5.02 Å². The third kappa shape index (κ3) is 5.44. The zero-order chi connectivity index (χ0) is 12.7. The van der Waals surface area contributed by atoms with Crippen LogP contribution in [0, 0.1) is 0 Å². The van der Waals surface area contributed by atoms with Crippen LogP contribution in [0.1, 0.15) is 13.3 Å². The zero-order valence-corrected chi connectivity index (χ0v) is 11.2. The molecule has 0 saturated heterocycles. The number of benzene rings is 1. The lowest BCUT2D eigenvalue weighted by molar-refractivity contribution is -0.139. The molecule has 5 heteroatoms. The molecule has 0 heterocycles. The van der Waals surface area contributed by atoms with Crippen LogP contribution in [0.25, 0.3) is 0 Å². The summed E-state index contributed by atoms with van der Waals surface area (Å²) in [6.07, 6.45) is 0.608. The third-order valence-corrected chi connectivity index (χ3v) is 3.53. The van der Waals surface area contributed by atoms with Crippen LogP contribution >= 0.6 is 23.4 Å². The summed E-state index contributed by atoms with van der Waals surface area (Å²) in [7, 11) is 0. The number of hydrogen-bond acceptors (Lipinski definition) is 3. The molecule has 0 spiro atoms. The minimum atomic E-state index is -0.788. The number of aliphatic carboxylic acids is 1. The lowest BCUT2D eigenvalue weighted by Crippen LogP contribution is -2.36. The minimum Gasteiger partial charge on any atom is -0.480 e. The van der Waals surface area contributed by atoms with Crippen molar-refractivity contribution in [1.82, 2.24) is 5.32 Å². The summed E-state index contributed by atoms with van der Waals surface area (Å²) < 4.78 is 0. The number of rotatable bonds is 7. The van der Waals surface area contributed by atoms with Crippen molar-refractivity contribution in [3.05, 3.63) is 29.3 Å². The van der Waals surface area contributed by atoms with Gasteiger partial charge in [0.25, 0.3) is 0 Å². The van der Waals surface area contributed by atoms with E-state index < -0.39 is 12.0 Å². The van der Waals surface area contributed by atoms with E-state index in [1.54, 1.807) is 11.8 Å². The monoisotopic (exact) mass is 273 g/mol. The van der Waals surface area contributed by atoms with Crippen molar-refractivity contribution in [2.24, 2.45) is 0 Å². The van der Waals surface area contributed by atoms with Crippen molar-refractivity contribution in [1.29, 1.82) is 0 Å². The maximum absolute atomic E-state index is 10.9. The van der Waals surface area contributed by atoms with Crippen molar-refractivity contribution in [3.63, 3.8) is 0 Å². The number of halogens is 1. The van der Waals surface area contributed by atoms with Gasteiger partial charge < -0.3 is 10.4 Å². The fourth-order valence-corrected chi connectivity index (χ4v) is 2.43. The van der Waals surface area contributed by atoms with E-state index in [1.807, 2.05) is 31.2 Å². The number of nitrogens with one attached hydrogen (secondary N) is 1. The zero-order valence-electron chi connectivity index (χ0n) is 9.65. The summed E-state index contributed by atoms with van der Waals surface area (Å²) >= 11 is 7.42. The molecule has 0 amide bonds. The predicted molar refractivity (Wildman–Crippen MR) is 71.9 cm³/mol. The number of likely N-dealkylation sites (N-methyl/N-ethyl adjacent to an activating group) is 1. The first kappa shape index (κ1) is 14.4. The number of hydrogen-bond donors (Lipinski definition) is 2. The number of carboxylic acid groups (broad SMARTS) is 1. The van der Waals surface area contributed by atoms with Crippen LogP contribution in [0.4, 0.5) is 0 Å². The molecule has 1 aromatic carbocycles. The Morgan fingerprint density at radius 3 is 2.65 bits per heavy atom. The highest BCUT2D eigenvalue weighted by molar-refractivity contribution is 7.99. The summed E-state index contributed by atoms with van der Waals surface area (Å²) in [5.74, 6) is -0.0189. The van der Waals surface area contributed by atoms with Crippen molar-refractivity contribution >= 4 is 29.3 Å². The second-order valence-electron chi connectivity index (χ2n) is 3.54. The molecule has 1 unspecified atom stereocenters. The molecule has 0 fully saturated rings. The largest absolute Gasteiger partial charge is 0.480 e. The minimum absolute atomic E-state index is 0.459. The van der Waals surface area contributed by atoms with Crippen molar-refractivity contribution < 1.29 is 9.90 Å². The van der Waals surface area contributed by atoms with E-state index in [2.05, 4.69) is 5.32 Å². The normalized spacial score (nSPS) is 12.4. The topological polar surface area (TPSA) is 49.3 Å². The van der Waals surface area contributed by atoms with Crippen molar-refractivity contribution in [2.75, 3.05) is 12.3 Å². The highest BCUT2D eigenvalue weighted by Gasteiger charge is 2.14. The van der Waals surface area contributed by atoms with Gasteiger partial charge in [-0.3, -0.25) is 4.79 Å². The van der Waals surface area contributed by atoms with Gasteiger partial charge in [0, 0.05) is 15.7 Å². The summed E-state index contributed by atoms with van der Waals surface area (Å²) in [5, 5.41) is 12.6. The number of thioether (sulfide) groups is 1. The fraction of sp³-hybridized carbons (Fsp3) is 0.417. The van der Waals surface area contributed by atoms with Gasteiger partial charge in [-0.2, -0.15) is 0 Å². The van der Waals surface area contributed by atoms with Crippen LogP contribution in [-0.4, -0.2) is 29.4 Å². The van der Waals surface area contributed by atoms with E-state index in [0.29, 0.717) is 18.0 Å². The van der Waals surface area contributed by atoms with Gasteiger partial charge in [-0.15, -0.1) is 11.8 Å². The second kappa shape index (κ2) is 7.58. The molecule has 0 saturated carbocycles. The van der Waals surface area contributed by atoms with E-state index in [-0.39, 0.29) is 0 Å². The summed E-state index contributed by atoms with van der Waals surface area (Å²) in [5.41, 5.74) is 0. The Bertz CT molecular complexity index is 356. The van der Waals surface area contributed by atoms with Gasteiger partial charge in [0.1, 0.15) is 6.04 Å². The van der Waals surface area contributed by atoms with Crippen LogP contribution < -0.4 is 5.32 Å². The first-order chi connectivity index (χ1) is 8.13. The molecule has 1 rings (SSSR count). The summed E-state index contributed by atoms with van der Waals surface area (Å²) in [6.45, 7) is 2.57. The highest BCUT2D eigenvalue weighted by Crippen LogP contribution is 2.21. The number of carbonyl (C=O) groups is 1. The maximum Gasteiger partial charge on any atom is 0.320 e. The Morgan fingerprint density at radius 2 is 2.12 bits per heavy atom. The Morgan fingerprint density at radius 1 is 1.47 bits per heavy atom. The average molecular weight is 274 g/mol. The lowest BCUT2D eigenvalue weighted by atomic mass is 10.2. The average Bonchev–Trinajstić information content (AvgIpc) is 2.30. The van der Waals surface area contributed by atoms with Gasteiger partial charge in [0.2, 0.25) is 0 Å². The second-order valence-corrected chi connectivity index (χ2v) is 5.14. The fourth-order valence-electron chi connectivity index (χ4n) is 1.38. The van der Waals surface area contributed by atoms with Crippen LogP contribution in [0.15, 0.2) is 29.2 Å². The molecule has 1 atom stereocenters. The smallest absolute Gasteiger partial charge is 0.320 e. The summed E-state index contributed by atoms with van der Waals surface area (Å²) in [6, 6.07) is 7.09. The van der Waals surface area contributed by atoms with Crippen molar-refractivity contribution in [2.45, 2.75) is 24.3 Å². The highest BCUT2D eigenvalue weighted by atomic mass is 35.5. The number of carboxylic acids is 1. The SMILES string of the molecule is CCNC(CCSc1ccc(Cl)cc1)C(=O)O. The van der Waals surface area contributed by atoms with Crippen molar-refractivity contribution in [3.8, 4) is 0 Å². The van der Waals surface area contributed by atoms with Crippen LogP contribution in [0.5, 0.6) is 0 Å². The lowest BCUT2D eigenvalue weighted by Gasteiger charge is -2.12. The van der Waals surface area contributed by atoms with E-state index in [0.717, 1.165) is 10.6 Å². The van der Waals surface area contributed by atoms with E-state index >= 15 is 0 Å². The van der Waals surface area contributed by atoms with E-state index in [4.69, 9.17) is 16.7 Å². The van der Waals surface area contributed by atoms with Gasteiger partial charge >= 0.3 is 5.97 Å². The first-order valence-electron chi connectivity index (χ1n) is 5.48. The molecule has 0 radical (unpaired) electrons. The molecule has 0 bridgehead atoms. The van der Waals surface area contributed by atoms with Gasteiger partial charge in [-0.1, -0.05) is 18.5 Å². The Balaban J connectivity index is 2.35. The van der Waals surface area contributed by atoms with Crippen LogP contribution in [0.3, 0.4) is 0 Å². The standard InChI is InChI=1S/C12H16ClNO2S/c1-2-14-11(12(15)16)7-8-17-10-5-3-9(13)4-6-10/h3-6,11,14H,2,7-8H2,1H3,(H,15,16). The Hall–Kier alpha value is -0.710. The molecule has 1 aromatic rings. The quantitative estimate of drug-likeness (QED) is 0.750. The molecule has 0 aliphatic rings. The molecular weight excluding hydrogens is 258 g/mol. The maximum atomic E-state index is 10.9. The third-order valence-electron chi connectivity index (χ3n) is 2.24. The van der Waals surface area contributed by atoms with Gasteiger partial charge in [0.15, 0.2) is 0 Å². The van der Waals surface area contributed by atoms with E-state index in [9.17, 15) is 4.79 Å². The first-order valence-corrected chi connectivity index (χ1v) is 6.84. The van der Waals surface area contributed by atoms with Crippen LogP contribution in [-0.2, 0) is 4.79 Å². The van der Waals surface area contributed by atoms with Gasteiger partial charge in [-0.05, 0) is 37.2 Å². The molecule has 0 aromatic heterocycles. The molecule has 0 aliphatic heterocycles. The molecular formula is C12H16ClNO2S. The molecule has 17 heavy (non-hydrogen) atoms. The molecule has 94 valence electrons. The Labute approximate surface area is 111 Å². The van der Waals surface area contributed by atoms with Gasteiger partial charge in [-0.25, -0.2) is 0 Å². The Kier molecular flexibility index (Phi) is 6.40. The van der Waals surface area contributed by atoms with Gasteiger partial charge in [0.05, 0.1) is 0 Å². The molecule has 2 N–H and O–H groups in total.